The summed E-state index contributed by atoms with van der Waals surface area (Å²) in [7, 11) is 3.21. The molecule has 0 aromatic heterocycles. The third kappa shape index (κ3) is 3.60. The minimum absolute atomic E-state index is 0.145. The molecule has 2 rings (SSSR count). The zero-order valence-corrected chi connectivity index (χ0v) is 14.3. The first-order valence-electron chi connectivity index (χ1n) is 7.94. The molecule has 1 aliphatic rings. The van der Waals surface area contributed by atoms with Crippen molar-refractivity contribution in [3.8, 4) is 17.6 Å². The standard InChI is InChI=1S/C18H25NO4/c1-13(2)18(12-19,8-7-17-22-9-10-23-17)14-5-6-15(20-3)16(11-14)21-4/h5-6,11,13,17H,7-10H2,1-4H3/t18-/m0/s1. The number of methoxy groups -OCH3 is 2. The van der Waals surface area contributed by atoms with E-state index in [-0.39, 0.29) is 12.2 Å². The van der Waals surface area contributed by atoms with E-state index in [0.29, 0.717) is 37.6 Å². The summed E-state index contributed by atoms with van der Waals surface area (Å²) < 4.78 is 21.7. The van der Waals surface area contributed by atoms with Gasteiger partial charge in [0, 0.05) is 6.42 Å². The van der Waals surface area contributed by atoms with E-state index in [1.165, 1.54) is 0 Å². The van der Waals surface area contributed by atoms with E-state index in [1.807, 2.05) is 18.2 Å². The van der Waals surface area contributed by atoms with Crippen molar-refractivity contribution >= 4 is 0 Å². The van der Waals surface area contributed by atoms with Gasteiger partial charge in [0.2, 0.25) is 0 Å². The van der Waals surface area contributed by atoms with Gasteiger partial charge in [-0.3, -0.25) is 0 Å². The summed E-state index contributed by atoms with van der Waals surface area (Å²) >= 11 is 0. The van der Waals surface area contributed by atoms with Gasteiger partial charge in [0.05, 0.1) is 38.9 Å². The Morgan fingerprint density at radius 2 is 1.87 bits per heavy atom. The summed E-state index contributed by atoms with van der Waals surface area (Å²) in [5, 5.41) is 9.96. The SMILES string of the molecule is COc1ccc([C@](C#N)(CCC2OCCO2)C(C)C)cc1OC. The van der Waals surface area contributed by atoms with Gasteiger partial charge in [0.15, 0.2) is 17.8 Å². The molecule has 1 heterocycles. The smallest absolute Gasteiger partial charge is 0.161 e. The zero-order valence-electron chi connectivity index (χ0n) is 14.3. The molecule has 1 aromatic rings. The van der Waals surface area contributed by atoms with Crippen LogP contribution >= 0.6 is 0 Å². The van der Waals surface area contributed by atoms with Gasteiger partial charge in [0.25, 0.3) is 0 Å². The molecule has 1 atom stereocenters. The first-order valence-corrected chi connectivity index (χ1v) is 7.94. The van der Waals surface area contributed by atoms with Crippen LogP contribution in [-0.2, 0) is 14.9 Å². The molecule has 5 nitrogen and oxygen atoms in total. The molecule has 0 amide bonds. The van der Waals surface area contributed by atoms with Crippen LogP contribution in [0, 0.1) is 17.2 Å². The van der Waals surface area contributed by atoms with Crippen molar-refractivity contribution in [3.05, 3.63) is 23.8 Å². The van der Waals surface area contributed by atoms with Crippen LogP contribution in [0.4, 0.5) is 0 Å². The molecule has 1 aromatic carbocycles. The lowest BCUT2D eigenvalue weighted by atomic mass is 9.69. The van der Waals surface area contributed by atoms with Gasteiger partial charge in [-0.15, -0.1) is 0 Å². The second-order valence-electron chi connectivity index (χ2n) is 6.02. The van der Waals surface area contributed by atoms with Crippen molar-refractivity contribution in [1.82, 2.24) is 0 Å². The lowest BCUT2D eigenvalue weighted by molar-refractivity contribution is -0.0510. The van der Waals surface area contributed by atoms with Crippen LogP contribution in [-0.4, -0.2) is 33.7 Å². The molecule has 0 bridgehead atoms. The van der Waals surface area contributed by atoms with E-state index in [9.17, 15) is 5.26 Å². The molecule has 1 saturated heterocycles. The van der Waals surface area contributed by atoms with E-state index in [2.05, 4.69) is 19.9 Å². The fraction of sp³-hybridized carbons (Fsp3) is 0.611. The number of hydrogen-bond acceptors (Lipinski definition) is 5. The van der Waals surface area contributed by atoms with Crippen LogP contribution in [0.3, 0.4) is 0 Å². The van der Waals surface area contributed by atoms with Crippen molar-refractivity contribution in [2.45, 2.75) is 38.4 Å². The highest BCUT2D eigenvalue weighted by Gasteiger charge is 2.37. The monoisotopic (exact) mass is 319 g/mol. The minimum atomic E-state index is -0.616. The zero-order chi connectivity index (χ0) is 16.9. The highest BCUT2D eigenvalue weighted by atomic mass is 16.7. The number of nitrogens with zero attached hydrogens (tertiary/aromatic N) is 1. The van der Waals surface area contributed by atoms with Gasteiger partial charge in [-0.25, -0.2) is 0 Å². The predicted octanol–water partition coefficient (Wildman–Crippen LogP) is 3.27. The van der Waals surface area contributed by atoms with E-state index in [4.69, 9.17) is 18.9 Å². The Kier molecular flexibility index (Phi) is 5.86. The van der Waals surface area contributed by atoms with Crippen LogP contribution in [0.5, 0.6) is 11.5 Å². The number of nitriles is 1. The van der Waals surface area contributed by atoms with Crippen LogP contribution < -0.4 is 9.47 Å². The quantitative estimate of drug-likeness (QED) is 0.772. The Hall–Kier alpha value is -1.77. The van der Waals surface area contributed by atoms with Crippen LogP contribution in [0.25, 0.3) is 0 Å². The average molecular weight is 319 g/mol. The van der Waals surface area contributed by atoms with Gasteiger partial charge >= 0.3 is 0 Å². The van der Waals surface area contributed by atoms with E-state index in [1.54, 1.807) is 14.2 Å². The second-order valence-corrected chi connectivity index (χ2v) is 6.02. The number of rotatable bonds is 7. The van der Waals surface area contributed by atoms with E-state index >= 15 is 0 Å². The molecule has 0 N–H and O–H groups in total. The molecule has 0 saturated carbocycles. The van der Waals surface area contributed by atoms with Gasteiger partial charge < -0.3 is 18.9 Å². The maximum Gasteiger partial charge on any atom is 0.161 e. The third-order valence-electron chi connectivity index (χ3n) is 4.55. The molecule has 1 aliphatic heterocycles. The maximum atomic E-state index is 9.96. The Balaban J connectivity index is 2.31. The van der Waals surface area contributed by atoms with Crippen molar-refractivity contribution in [1.29, 1.82) is 5.26 Å². The third-order valence-corrected chi connectivity index (χ3v) is 4.55. The summed E-state index contributed by atoms with van der Waals surface area (Å²) in [4.78, 5) is 0. The number of hydrogen-bond donors (Lipinski definition) is 0. The van der Waals surface area contributed by atoms with Crippen LogP contribution in [0.2, 0.25) is 0 Å². The largest absolute Gasteiger partial charge is 0.493 e. The first kappa shape index (κ1) is 17.6. The number of ether oxygens (including phenoxy) is 4. The van der Waals surface area contributed by atoms with Crippen molar-refractivity contribution in [2.24, 2.45) is 5.92 Å². The number of benzene rings is 1. The maximum absolute atomic E-state index is 9.96. The Labute approximate surface area is 138 Å². The Bertz CT molecular complexity index is 561. The molecular formula is C18H25NO4. The van der Waals surface area contributed by atoms with Gasteiger partial charge in [-0.2, -0.15) is 5.26 Å². The summed E-state index contributed by atoms with van der Waals surface area (Å²) in [5.41, 5.74) is 0.320. The van der Waals surface area contributed by atoms with Gasteiger partial charge in [-0.1, -0.05) is 19.9 Å². The first-order chi connectivity index (χ1) is 11.1. The molecule has 0 aliphatic carbocycles. The summed E-state index contributed by atoms with van der Waals surface area (Å²) in [5.74, 6) is 1.44. The molecule has 1 fully saturated rings. The lowest BCUT2D eigenvalue weighted by Crippen LogP contribution is -2.32. The highest BCUT2D eigenvalue weighted by Crippen LogP contribution is 2.41. The molecule has 126 valence electrons. The lowest BCUT2D eigenvalue weighted by Gasteiger charge is -2.32. The minimum Gasteiger partial charge on any atom is -0.493 e. The molecular weight excluding hydrogens is 294 g/mol. The van der Waals surface area contributed by atoms with Crippen molar-refractivity contribution in [2.75, 3.05) is 27.4 Å². The van der Waals surface area contributed by atoms with Crippen molar-refractivity contribution < 1.29 is 18.9 Å². The fourth-order valence-electron chi connectivity index (χ4n) is 3.05. The van der Waals surface area contributed by atoms with Crippen LogP contribution in [0.15, 0.2) is 18.2 Å². The fourth-order valence-corrected chi connectivity index (χ4v) is 3.05. The predicted molar refractivity (Wildman–Crippen MR) is 86.6 cm³/mol. The normalized spacial score (nSPS) is 17.7. The summed E-state index contributed by atoms with van der Waals surface area (Å²) in [6.07, 6.45) is 1.16. The van der Waals surface area contributed by atoms with Crippen LogP contribution in [0.1, 0.15) is 32.3 Å². The van der Waals surface area contributed by atoms with E-state index in [0.717, 1.165) is 5.56 Å². The highest BCUT2D eigenvalue weighted by molar-refractivity contribution is 5.47. The average Bonchev–Trinajstić information content (AvgIpc) is 3.08. The van der Waals surface area contributed by atoms with Crippen molar-refractivity contribution in [3.63, 3.8) is 0 Å². The molecule has 23 heavy (non-hydrogen) atoms. The topological polar surface area (TPSA) is 60.7 Å². The molecule has 5 heteroatoms. The summed E-state index contributed by atoms with van der Waals surface area (Å²) in [6.45, 7) is 5.39. The van der Waals surface area contributed by atoms with Gasteiger partial charge in [0.1, 0.15) is 0 Å². The Morgan fingerprint density at radius 1 is 1.22 bits per heavy atom. The summed E-state index contributed by atoms with van der Waals surface area (Å²) in [6, 6.07) is 8.24. The van der Waals surface area contributed by atoms with Gasteiger partial charge in [-0.05, 0) is 30.0 Å². The molecule has 0 radical (unpaired) electrons. The second kappa shape index (κ2) is 7.67. The molecule has 0 spiro atoms. The van der Waals surface area contributed by atoms with E-state index < -0.39 is 5.41 Å². The Morgan fingerprint density at radius 3 is 2.39 bits per heavy atom. The molecule has 0 unspecified atom stereocenters.